The lowest BCUT2D eigenvalue weighted by atomic mass is 10.2. The van der Waals surface area contributed by atoms with Gasteiger partial charge in [-0.05, 0) is 48.5 Å². The minimum atomic E-state index is -0.539. The number of allylic oxidation sites excluding steroid dienone is 1. The lowest BCUT2D eigenvalue weighted by Gasteiger charge is -2.08. The normalized spacial score (nSPS) is 9.82. The van der Waals surface area contributed by atoms with Crippen molar-refractivity contribution in [1.82, 2.24) is 0 Å². The van der Waals surface area contributed by atoms with E-state index in [1.165, 1.54) is 18.2 Å². The molecule has 2 aromatic carbocycles. The number of hydrogen-bond donors (Lipinski definition) is 2. The summed E-state index contributed by atoms with van der Waals surface area (Å²) in [6, 6.07) is 11.1. The fourth-order valence-corrected chi connectivity index (χ4v) is 1.73. The van der Waals surface area contributed by atoms with E-state index in [4.69, 9.17) is 20.9 Å². The third-order valence-electron chi connectivity index (χ3n) is 2.72. The highest BCUT2D eigenvalue weighted by Gasteiger charge is 2.10. The minimum absolute atomic E-state index is 0.290. The van der Waals surface area contributed by atoms with Gasteiger partial charge in [-0.25, -0.2) is 4.79 Å². The molecule has 2 rings (SSSR count). The standard InChI is InChI=1S/C17H16N2O3/c1-3-11(2)21-15-4-6-16(7-5-15)22-17(20)12-8-13(18)10-14(19)9-12/h3-10H,1-2,18-19H2. The van der Waals surface area contributed by atoms with E-state index >= 15 is 0 Å². The number of carbonyl (C=O) groups excluding carboxylic acids is 1. The van der Waals surface area contributed by atoms with Crippen LogP contribution in [0.3, 0.4) is 0 Å². The van der Waals surface area contributed by atoms with Gasteiger partial charge in [0.2, 0.25) is 0 Å². The van der Waals surface area contributed by atoms with Crippen molar-refractivity contribution in [2.45, 2.75) is 0 Å². The fraction of sp³-hybridized carbons (Fsp3) is 0. The highest BCUT2D eigenvalue weighted by atomic mass is 16.5. The molecule has 0 fully saturated rings. The van der Waals surface area contributed by atoms with E-state index in [9.17, 15) is 4.79 Å². The van der Waals surface area contributed by atoms with Crippen LogP contribution in [0.4, 0.5) is 11.4 Å². The van der Waals surface area contributed by atoms with Gasteiger partial charge in [0.25, 0.3) is 0 Å². The Morgan fingerprint density at radius 3 is 1.95 bits per heavy atom. The molecular formula is C17H16N2O3. The zero-order valence-corrected chi connectivity index (χ0v) is 11.9. The van der Waals surface area contributed by atoms with E-state index < -0.39 is 5.97 Å². The van der Waals surface area contributed by atoms with E-state index in [0.717, 1.165) is 0 Å². The number of carbonyl (C=O) groups is 1. The summed E-state index contributed by atoms with van der Waals surface area (Å²) in [7, 11) is 0. The van der Waals surface area contributed by atoms with Crippen molar-refractivity contribution in [3.8, 4) is 11.5 Å². The number of rotatable bonds is 5. The lowest BCUT2D eigenvalue weighted by molar-refractivity contribution is 0.0734. The van der Waals surface area contributed by atoms with Crippen LogP contribution in [0.5, 0.6) is 11.5 Å². The smallest absolute Gasteiger partial charge is 0.343 e. The van der Waals surface area contributed by atoms with Gasteiger partial charge in [-0.15, -0.1) is 0 Å². The molecule has 2 aromatic rings. The largest absolute Gasteiger partial charge is 0.458 e. The Morgan fingerprint density at radius 1 is 0.955 bits per heavy atom. The van der Waals surface area contributed by atoms with Gasteiger partial charge in [0.1, 0.15) is 17.3 Å². The molecule has 0 aliphatic carbocycles. The first kappa shape index (κ1) is 15.2. The number of benzene rings is 2. The molecule has 0 amide bonds. The topological polar surface area (TPSA) is 87.6 Å². The summed E-state index contributed by atoms with van der Waals surface area (Å²) in [4.78, 5) is 12.0. The van der Waals surface area contributed by atoms with Gasteiger partial charge in [-0.3, -0.25) is 0 Å². The third-order valence-corrected chi connectivity index (χ3v) is 2.72. The Labute approximate surface area is 128 Å². The van der Waals surface area contributed by atoms with Crippen LogP contribution in [-0.4, -0.2) is 5.97 Å². The first-order valence-corrected chi connectivity index (χ1v) is 6.45. The third kappa shape index (κ3) is 3.89. The summed E-state index contributed by atoms with van der Waals surface area (Å²) in [5.74, 6) is 0.837. The summed E-state index contributed by atoms with van der Waals surface area (Å²) < 4.78 is 10.6. The number of hydrogen-bond acceptors (Lipinski definition) is 5. The van der Waals surface area contributed by atoms with Crippen molar-refractivity contribution in [1.29, 1.82) is 0 Å². The molecule has 0 spiro atoms. The van der Waals surface area contributed by atoms with E-state index in [0.29, 0.717) is 28.6 Å². The Kier molecular flexibility index (Phi) is 4.48. The van der Waals surface area contributed by atoms with Crippen molar-refractivity contribution >= 4 is 17.3 Å². The van der Waals surface area contributed by atoms with Gasteiger partial charge in [0.05, 0.1) is 5.56 Å². The molecule has 0 heterocycles. The minimum Gasteiger partial charge on any atom is -0.458 e. The molecule has 5 nitrogen and oxygen atoms in total. The molecule has 5 heteroatoms. The average Bonchev–Trinajstić information content (AvgIpc) is 2.48. The van der Waals surface area contributed by atoms with Crippen LogP contribution >= 0.6 is 0 Å². The zero-order valence-electron chi connectivity index (χ0n) is 11.9. The average molecular weight is 296 g/mol. The zero-order chi connectivity index (χ0) is 16.1. The van der Waals surface area contributed by atoms with E-state index in [-0.39, 0.29) is 5.56 Å². The predicted octanol–water partition coefficient (Wildman–Crippen LogP) is 3.15. The number of anilines is 2. The maximum absolute atomic E-state index is 12.0. The maximum atomic E-state index is 12.0. The van der Waals surface area contributed by atoms with Crippen LogP contribution in [0.15, 0.2) is 67.5 Å². The molecule has 0 aromatic heterocycles. The molecule has 0 aliphatic heterocycles. The van der Waals surface area contributed by atoms with E-state index in [2.05, 4.69) is 13.2 Å². The van der Waals surface area contributed by atoms with Crippen molar-refractivity contribution in [3.05, 3.63) is 73.0 Å². The number of nitrogen functional groups attached to an aromatic ring is 2. The Bertz CT molecular complexity index is 701. The quantitative estimate of drug-likeness (QED) is 0.291. The van der Waals surface area contributed by atoms with Crippen LogP contribution in [0.25, 0.3) is 0 Å². The highest BCUT2D eigenvalue weighted by Crippen LogP contribution is 2.21. The first-order chi connectivity index (χ1) is 10.5. The molecule has 0 unspecified atom stereocenters. The summed E-state index contributed by atoms with van der Waals surface area (Å²) in [6.07, 6.45) is 1.50. The second-order valence-corrected chi connectivity index (χ2v) is 4.52. The summed E-state index contributed by atoms with van der Waals surface area (Å²) >= 11 is 0. The lowest BCUT2D eigenvalue weighted by Crippen LogP contribution is -2.09. The fourth-order valence-electron chi connectivity index (χ4n) is 1.73. The molecule has 0 bridgehead atoms. The molecule has 0 aliphatic rings. The van der Waals surface area contributed by atoms with Gasteiger partial charge < -0.3 is 20.9 Å². The maximum Gasteiger partial charge on any atom is 0.343 e. The van der Waals surface area contributed by atoms with Gasteiger partial charge >= 0.3 is 5.97 Å². The van der Waals surface area contributed by atoms with Gasteiger partial charge in [-0.2, -0.15) is 0 Å². The van der Waals surface area contributed by atoms with Crippen LogP contribution in [0.1, 0.15) is 10.4 Å². The second-order valence-electron chi connectivity index (χ2n) is 4.52. The molecule has 112 valence electrons. The molecule has 0 saturated heterocycles. The summed E-state index contributed by atoms with van der Waals surface area (Å²) in [6.45, 7) is 7.19. The Morgan fingerprint density at radius 2 is 1.45 bits per heavy atom. The Hall–Kier alpha value is -3.21. The van der Waals surface area contributed by atoms with Gasteiger partial charge in [0, 0.05) is 11.4 Å². The molecule has 0 saturated carbocycles. The molecular weight excluding hydrogens is 280 g/mol. The molecule has 4 N–H and O–H groups in total. The second kappa shape index (κ2) is 6.49. The summed E-state index contributed by atoms with van der Waals surface area (Å²) in [5.41, 5.74) is 12.4. The van der Waals surface area contributed by atoms with Crippen LogP contribution in [0, 0.1) is 0 Å². The SMILES string of the molecule is C=CC(=C)Oc1ccc(OC(=O)c2cc(N)cc(N)c2)cc1. The molecule has 22 heavy (non-hydrogen) atoms. The van der Waals surface area contributed by atoms with Crippen molar-refractivity contribution in [2.75, 3.05) is 11.5 Å². The number of ether oxygens (including phenoxy) is 2. The Balaban J connectivity index is 2.08. The van der Waals surface area contributed by atoms with Crippen LogP contribution in [0.2, 0.25) is 0 Å². The van der Waals surface area contributed by atoms with Crippen LogP contribution < -0.4 is 20.9 Å². The van der Waals surface area contributed by atoms with E-state index in [1.807, 2.05) is 0 Å². The van der Waals surface area contributed by atoms with Crippen molar-refractivity contribution in [3.63, 3.8) is 0 Å². The van der Waals surface area contributed by atoms with Gasteiger partial charge in [0.15, 0.2) is 0 Å². The first-order valence-electron chi connectivity index (χ1n) is 6.45. The molecule has 0 radical (unpaired) electrons. The van der Waals surface area contributed by atoms with Crippen LogP contribution in [-0.2, 0) is 0 Å². The van der Waals surface area contributed by atoms with Gasteiger partial charge in [-0.1, -0.05) is 13.2 Å². The monoisotopic (exact) mass is 296 g/mol. The summed E-state index contributed by atoms with van der Waals surface area (Å²) in [5, 5.41) is 0. The number of nitrogens with two attached hydrogens (primary N) is 2. The predicted molar refractivity (Wildman–Crippen MR) is 86.6 cm³/mol. The van der Waals surface area contributed by atoms with E-state index in [1.54, 1.807) is 30.3 Å². The number of esters is 1. The van der Waals surface area contributed by atoms with Crippen molar-refractivity contribution in [2.24, 2.45) is 0 Å². The van der Waals surface area contributed by atoms with Crippen molar-refractivity contribution < 1.29 is 14.3 Å². The molecule has 0 atom stereocenters. The highest BCUT2D eigenvalue weighted by molar-refractivity contribution is 5.93.